The highest BCUT2D eigenvalue weighted by molar-refractivity contribution is 5.91. The third-order valence-electron chi connectivity index (χ3n) is 5.47. The number of nitrogens with zero attached hydrogens (tertiary/aromatic N) is 2. The zero-order valence-corrected chi connectivity index (χ0v) is 14.0. The molecular weight excluding hydrogens is 302 g/mol. The zero-order valence-electron chi connectivity index (χ0n) is 14.0. The van der Waals surface area contributed by atoms with Crippen LogP contribution in [0.15, 0.2) is 36.5 Å². The second-order valence-electron chi connectivity index (χ2n) is 6.91. The molecule has 2 heterocycles. The fraction of sp³-hybridized carbons (Fsp3) is 0.474. The van der Waals surface area contributed by atoms with Crippen LogP contribution in [0.4, 0.5) is 0 Å². The van der Waals surface area contributed by atoms with Gasteiger partial charge in [0, 0.05) is 30.9 Å². The molecule has 0 unspecified atom stereocenters. The molecule has 1 atom stereocenters. The number of ether oxygens (including phenoxy) is 1. The van der Waals surface area contributed by atoms with Crippen molar-refractivity contribution in [1.29, 1.82) is 0 Å². The first-order valence-corrected chi connectivity index (χ1v) is 8.66. The van der Waals surface area contributed by atoms with Gasteiger partial charge in [-0.15, -0.1) is 0 Å². The molecule has 5 heteroatoms. The van der Waals surface area contributed by atoms with E-state index >= 15 is 0 Å². The Kier molecular flexibility index (Phi) is 3.79. The quantitative estimate of drug-likeness (QED) is 0.940. The lowest BCUT2D eigenvalue weighted by Crippen LogP contribution is -2.44. The van der Waals surface area contributed by atoms with Crippen LogP contribution < -0.4 is 4.74 Å². The monoisotopic (exact) mass is 325 g/mol. The molecule has 2 aliphatic rings. The van der Waals surface area contributed by atoms with Crippen molar-refractivity contribution in [3.63, 3.8) is 0 Å². The molecule has 126 valence electrons. The molecule has 2 aromatic rings. The van der Waals surface area contributed by atoms with E-state index in [0.717, 1.165) is 55.8 Å². The van der Waals surface area contributed by atoms with E-state index in [1.807, 2.05) is 30.3 Å². The van der Waals surface area contributed by atoms with Crippen molar-refractivity contribution in [2.45, 2.75) is 37.0 Å². The zero-order chi connectivity index (χ0) is 16.6. The second-order valence-corrected chi connectivity index (χ2v) is 6.91. The average molecular weight is 325 g/mol. The van der Waals surface area contributed by atoms with Crippen molar-refractivity contribution in [1.82, 2.24) is 15.1 Å². The molecule has 1 aliphatic heterocycles. The van der Waals surface area contributed by atoms with Gasteiger partial charge in [-0.2, -0.15) is 5.10 Å². The Balaban J connectivity index is 1.52. The third-order valence-corrected chi connectivity index (χ3v) is 5.47. The number of carbonyl (C=O) groups excluding carboxylic acids is 1. The molecule has 1 saturated carbocycles. The van der Waals surface area contributed by atoms with Crippen LogP contribution in [0.2, 0.25) is 0 Å². The summed E-state index contributed by atoms with van der Waals surface area (Å²) in [6.07, 6.45) is 5.85. The molecule has 1 aromatic heterocycles. The fourth-order valence-corrected chi connectivity index (χ4v) is 3.87. The van der Waals surface area contributed by atoms with Gasteiger partial charge in [-0.25, -0.2) is 0 Å². The summed E-state index contributed by atoms with van der Waals surface area (Å²) in [5.74, 6) is 1.49. The smallest absolute Gasteiger partial charge is 0.233 e. The lowest BCUT2D eigenvalue weighted by molar-refractivity contribution is -0.135. The van der Waals surface area contributed by atoms with Crippen LogP contribution in [-0.2, 0) is 10.2 Å². The number of H-pyrrole nitrogens is 1. The Hall–Kier alpha value is -2.30. The summed E-state index contributed by atoms with van der Waals surface area (Å²) in [5.41, 5.74) is 1.96. The predicted molar refractivity (Wildman–Crippen MR) is 91.0 cm³/mol. The van der Waals surface area contributed by atoms with Gasteiger partial charge >= 0.3 is 0 Å². The molecular formula is C19H23N3O2. The molecule has 0 radical (unpaired) electrons. The average Bonchev–Trinajstić information content (AvgIpc) is 3.27. The Labute approximate surface area is 142 Å². The summed E-state index contributed by atoms with van der Waals surface area (Å²) in [4.78, 5) is 15.3. The minimum atomic E-state index is -0.303. The molecule has 1 amide bonds. The van der Waals surface area contributed by atoms with Crippen LogP contribution in [0.25, 0.3) is 0 Å². The molecule has 1 aromatic carbocycles. The normalized spacial score (nSPS) is 22.2. The van der Waals surface area contributed by atoms with Crippen molar-refractivity contribution in [3.05, 3.63) is 47.8 Å². The largest absolute Gasteiger partial charge is 0.497 e. The minimum Gasteiger partial charge on any atom is -0.497 e. The summed E-state index contributed by atoms with van der Waals surface area (Å²) >= 11 is 0. The Morgan fingerprint density at radius 2 is 2.08 bits per heavy atom. The number of hydrogen-bond donors (Lipinski definition) is 1. The Morgan fingerprint density at radius 3 is 2.71 bits per heavy atom. The van der Waals surface area contributed by atoms with E-state index in [1.54, 1.807) is 13.3 Å². The Bertz CT molecular complexity index is 705. The van der Waals surface area contributed by atoms with E-state index in [1.165, 1.54) is 0 Å². The van der Waals surface area contributed by atoms with E-state index in [4.69, 9.17) is 4.74 Å². The lowest BCUT2D eigenvalue weighted by Gasteiger charge is -2.35. The predicted octanol–water partition coefficient (Wildman–Crippen LogP) is 2.86. The third kappa shape index (κ3) is 2.58. The minimum absolute atomic E-state index is 0.289. The number of piperidine rings is 1. The first-order valence-electron chi connectivity index (χ1n) is 8.66. The van der Waals surface area contributed by atoms with Gasteiger partial charge in [0.2, 0.25) is 5.91 Å². The van der Waals surface area contributed by atoms with Crippen molar-refractivity contribution >= 4 is 5.91 Å². The van der Waals surface area contributed by atoms with E-state index in [9.17, 15) is 4.79 Å². The highest BCUT2D eigenvalue weighted by atomic mass is 16.5. The van der Waals surface area contributed by atoms with Gasteiger partial charge in [-0.3, -0.25) is 9.89 Å². The number of amides is 1. The number of benzene rings is 1. The molecule has 5 nitrogen and oxygen atoms in total. The summed E-state index contributed by atoms with van der Waals surface area (Å²) in [5, 5.41) is 7.12. The van der Waals surface area contributed by atoms with Crippen molar-refractivity contribution in [2.75, 3.05) is 20.2 Å². The summed E-state index contributed by atoms with van der Waals surface area (Å²) in [6.45, 7) is 1.65. The van der Waals surface area contributed by atoms with E-state index in [0.29, 0.717) is 5.92 Å². The Morgan fingerprint density at radius 1 is 1.29 bits per heavy atom. The highest BCUT2D eigenvalue weighted by Gasteiger charge is 2.53. The van der Waals surface area contributed by atoms with Crippen LogP contribution in [-0.4, -0.2) is 41.2 Å². The van der Waals surface area contributed by atoms with Gasteiger partial charge in [0.1, 0.15) is 5.75 Å². The molecule has 0 bridgehead atoms. The van der Waals surface area contributed by atoms with Crippen molar-refractivity contribution < 1.29 is 9.53 Å². The van der Waals surface area contributed by atoms with Gasteiger partial charge in [0.15, 0.2) is 0 Å². The van der Waals surface area contributed by atoms with E-state index in [-0.39, 0.29) is 11.3 Å². The fourth-order valence-electron chi connectivity index (χ4n) is 3.87. The maximum absolute atomic E-state index is 13.2. The number of nitrogens with one attached hydrogen (secondary N) is 1. The molecule has 0 spiro atoms. The second kappa shape index (κ2) is 5.96. The molecule has 1 aliphatic carbocycles. The summed E-state index contributed by atoms with van der Waals surface area (Å²) < 4.78 is 5.23. The van der Waals surface area contributed by atoms with Gasteiger partial charge in [-0.05, 0) is 49.4 Å². The topological polar surface area (TPSA) is 58.2 Å². The van der Waals surface area contributed by atoms with E-state index in [2.05, 4.69) is 15.1 Å². The van der Waals surface area contributed by atoms with Crippen LogP contribution in [0.3, 0.4) is 0 Å². The molecule has 2 fully saturated rings. The summed E-state index contributed by atoms with van der Waals surface area (Å²) in [6, 6.07) is 10.0. The maximum Gasteiger partial charge on any atom is 0.233 e. The number of hydrogen-bond acceptors (Lipinski definition) is 3. The first-order chi connectivity index (χ1) is 11.7. The number of rotatable bonds is 4. The maximum atomic E-state index is 13.2. The van der Waals surface area contributed by atoms with Gasteiger partial charge in [0.25, 0.3) is 0 Å². The van der Waals surface area contributed by atoms with Gasteiger partial charge < -0.3 is 9.64 Å². The molecule has 4 rings (SSSR count). The standard InChI is InChI=1S/C19H23N3O2/c1-24-16-6-4-15(5-7-16)19(9-10-19)18(23)22-12-2-3-14(13-22)17-8-11-20-21-17/h4-8,11,14H,2-3,9-10,12-13H2,1H3,(H,20,21)/t14-/m0/s1. The van der Waals surface area contributed by atoms with Gasteiger partial charge in [-0.1, -0.05) is 12.1 Å². The molecule has 1 N–H and O–H groups in total. The van der Waals surface area contributed by atoms with Crippen molar-refractivity contribution in [2.24, 2.45) is 0 Å². The first kappa shape index (κ1) is 15.2. The number of aromatic amines is 1. The van der Waals surface area contributed by atoms with Crippen LogP contribution in [0, 0.1) is 0 Å². The number of likely N-dealkylation sites (tertiary alicyclic amines) is 1. The van der Waals surface area contributed by atoms with Gasteiger partial charge in [0.05, 0.1) is 12.5 Å². The van der Waals surface area contributed by atoms with Crippen molar-refractivity contribution in [3.8, 4) is 5.75 Å². The number of methoxy groups -OCH3 is 1. The lowest BCUT2D eigenvalue weighted by atomic mass is 9.90. The molecule has 1 saturated heterocycles. The summed E-state index contributed by atoms with van der Waals surface area (Å²) in [7, 11) is 1.66. The van der Waals surface area contributed by atoms with Crippen LogP contribution >= 0.6 is 0 Å². The van der Waals surface area contributed by atoms with Crippen LogP contribution in [0.5, 0.6) is 5.75 Å². The number of carbonyl (C=O) groups is 1. The van der Waals surface area contributed by atoms with E-state index < -0.39 is 0 Å². The molecule has 24 heavy (non-hydrogen) atoms. The number of aromatic nitrogens is 2. The van der Waals surface area contributed by atoms with Crippen LogP contribution in [0.1, 0.15) is 42.9 Å². The highest BCUT2D eigenvalue weighted by Crippen LogP contribution is 2.50. The SMILES string of the molecule is COc1ccc(C2(C(=O)N3CCC[C@H](c4ccn[nH]4)C3)CC2)cc1.